The minimum atomic E-state index is -0.0888. The van der Waals surface area contributed by atoms with Gasteiger partial charge >= 0.3 is 6.03 Å². The highest BCUT2D eigenvalue weighted by Gasteiger charge is 2.23. The van der Waals surface area contributed by atoms with Gasteiger partial charge in [0.2, 0.25) is 0 Å². The van der Waals surface area contributed by atoms with E-state index in [2.05, 4.69) is 16.0 Å². The molecule has 0 aromatic heterocycles. The van der Waals surface area contributed by atoms with E-state index in [1.807, 2.05) is 24.3 Å². The molecule has 1 aromatic rings. The molecule has 0 spiro atoms. The maximum atomic E-state index is 11.5. The van der Waals surface area contributed by atoms with Crippen LogP contribution in [0.2, 0.25) is 0 Å². The number of urea groups is 1. The van der Waals surface area contributed by atoms with Gasteiger partial charge in [-0.2, -0.15) is 0 Å². The Balaban J connectivity index is 1.32. The fraction of sp³-hybridized carbons (Fsp3) is 0.529. The van der Waals surface area contributed by atoms with E-state index in [9.17, 15) is 9.59 Å². The highest BCUT2D eigenvalue weighted by atomic mass is 16.5. The third-order valence-electron chi connectivity index (χ3n) is 3.85. The third-order valence-corrected chi connectivity index (χ3v) is 3.85. The standard InChI is InChI=1S/C17H23N3O3/c21-16(19-13-3-4-13)11-23-15-7-1-12(2-8-15)9-10-18-17(22)20-14-5-6-14/h1-2,7-8,13-14H,3-6,9-11H2,(H,19,21)(H2,18,20,22). The molecule has 2 aliphatic carbocycles. The van der Waals surface area contributed by atoms with Gasteiger partial charge in [-0.3, -0.25) is 4.79 Å². The number of rotatable bonds is 8. The minimum Gasteiger partial charge on any atom is -0.484 e. The van der Waals surface area contributed by atoms with Crippen molar-refractivity contribution in [3.63, 3.8) is 0 Å². The number of hydrogen-bond acceptors (Lipinski definition) is 3. The summed E-state index contributed by atoms with van der Waals surface area (Å²) in [5, 5.41) is 8.62. The van der Waals surface area contributed by atoms with Crippen molar-refractivity contribution in [3.8, 4) is 5.75 Å². The Labute approximate surface area is 136 Å². The molecule has 2 fully saturated rings. The van der Waals surface area contributed by atoms with Gasteiger partial charge in [0.05, 0.1) is 0 Å². The molecule has 0 atom stereocenters. The van der Waals surface area contributed by atoms with Crippen LogP contribution < -0.4 is 20.7 Å². The second-order valence-corrected chi connectivity index (χ2v) is 6.20. The molecule has 3 rings (SSSR count). The number of carbonyl (C=O) groups excluding carboxylic acids is 2. The van der Waals surface area contributed by atoms with Crippen molar-refractivity contribution in [1.29, 1.82) is 0 Å². The highest BCUT2D eigenvalue weighted by molar-refractivity contribution is 5.78. The molecule has 0 saturated heterocycles. The van der Waals surface area contributed by atoms with Crippen molar-refractivity contribution in [1.82, 2.24) is 16.0 Å². The van der Waals surface area contributed by atoms with Gasteiger partial charge in [0, 0.05) is 18.6 Å². The number of hydrogen-bond donors (Lipinski definition) is 3. The zero-order valence-corrected chi connectivity index (χ0v) is 13.1. The average molecular weight is 317 g/mol. The molecule has 0 radical (unpaired) electrons. The molecule has 0 aliphatic heterocycles. The highest BCUT2D eigenvalue weighted by Crippen LogP contribution is 2.19. The quantitative estimate of drug-likeness (QED) is 0.677. The first-order valence-electron chi connectivity index (χ1n) is 8.24. The van der Waals surface area contributed by atoms with Crippen molar-refractivity contribution < 1.29 is 14.3 Å². The van der Waals surface area contributed by atoms with Crippen LogP contribution in [0.15, 0.2) is 24.3 Å². The summed E-state index contributed by atoms with van der Waals surface area (Å²) in [4.78, 5) is 23.0. The molecule has 0 heterocycles. The summed E-state index contributed by atoms with van der Waals surface area (Å²) < 4.78 is 5.45. The van der Waals surface area contributed by atoms with E-state index >= 15 is 0 Å². The van der Waals surface area contributed by atoms with Gasteiger partial charge in [-0.25, -0.2) is 4.79 Å². The topological polar surface area (TPSA) is 79.5 Å². The van der Waals surface area contributed by atoms with Crippen molar-refractivity contribution in [3.05, 3.63) is 29.8 Å². The number of carbonyl (C=O) groups is 2. The third kappa shape index (κ3) is 5.81. The van der Waals surface area contributed by atoms with E-state index in [4.69, 9.17) is 4.74 Å². The average Bonchev–Trinajstić information content (AvgIpc) is 3.43. The van der Waals surface area contributed by atoms with Crippen LogP contribution in [0.4, 0.5) is 4.79 Å². The first-order valence-corrected chi connectivity index (χ1v) is 8.24. The molecule has 3 N–H and O–H groups in total. The van der Waals surface area contributed by atoms with Crippen LogP contribution in [-0.2, 0) is 11.2 Å². The fourth-order valence-electron chi connectivity index (χ4n) is 2.18. The Hall–Kier alpha value is -2.24. The van der Waals surface area contributed by atoms with E-state index in [0.717, 1.165) is 37.7 Å². The molecule has 23 heavy (non-hydrogen) atoms. The van der Waals surface area contributed by atoms with Gasteiger partial charge in [0.1, 0.15) is 5.75 Å². The summed E-state index contributed by atoms with van der Waals surface area (Å²) in [6.07, 6.45) is 5.10. The van der Waals surface area contributed by atoms with E-state index in [-0.39, 0.29) is 18.5 Å². The maximum Gasteiger partial charge on any atom is 0.315 e. The fourth-order valence-corrected chi connectivity index (χ4v) is 2.18. The number of ether oxygens (including phenoxy) is 1. The zero-order chi connectivity index (χ0) is 16.1. The Morgan fingerprint density at radius 3 is 2.30 bits per heavy atom. The largest absolute Gasteiger partial charge is 0.484 e. The Morgan fingerprint density at radius 2 is 1.65 bits per heavy atom. The summed E-state index contributed by atoms with van der Waals surface area (Å²) in [5.41, 5.74) is 1.12. The van der Waals surface area contributed by atoms with E-state index in [0.29, 0.717) is 24.4 Å². The first kappa shape index (κ1) is 15.6. The summed E-state index contributed by atoms with van der Waals surface area (Å²) in [6, 6.07) is 8.26. The molecule has 0 bridgehead atoms. The monoisotopic (exact) mass is 317 g/mol. The Kier molecular flexibility index (Phi) is 5.00. The molecule has 3 amide bonds. The molecular weight excluding hydrogens is 294 g/mol. The van der Waals surface area contributed by atoms with Crippen molar-refractivity contribution >= 4 is 11.9 Å². The zero-order valence-electron chi connectivity index (χ0n) is 13.1. The summed E-state index contributed by atoms with van der Waals surface area (Å²) in [6.45, 7) is 0.654. The Bertz CT molecular complexity index is 551. The lowest BCUT2D eigenvalue weighted by Crippen LogP contribution is -2.37. The normalized spacial score (nSPS) is 16.5. The molecular formula is C17H23N3O3. The first-order chi connectivity index (χ1) is 11.2. The number of amides is 3. The second-order valence-electron chi connectivity index (χ2n) is 6.20. The lowest BCUT2D eigenvalue weighted by molar-refractivity contribution is -0.123. The lowest BCUT2D eigenvalue weighted by atomic mass is 10.1. The molecule has 6 nitrogen and oxygen atoms in total. The van der Waals surface area contributed by atoms with Crippen LogP contribution in [0.25, 0.3) is 0 Å². The van der Waals surface area contributed by atoms with Gasteiger partial charge in [-0.05, 0) is 49.8 Å². The van der Waals surface area contributed by atoms with Crippen molar-refractivity contribution in [2.45, 2.75) is 44.2 Å². The molecule has 2 saturated carbocycles. The van der Waals surface area contributed by atoms with Crippen LogP contribution in [0, 0.1) is 0 Å². The van der Waals surface area contributed by atoms with Crippen LogP contribution >= 0.6 is 0 Å². The molecule has 124 valence electrons. The maximum absolute atomic E-state index is 11.5. The molecule has 2 aliphatic rings. The van der Waals surface area contributed by atoms with Crippen LogP contribution in [0.1, 0.15) is 31.2 Å². The molecule has 6 heteroatoms. The Morgan fingerprint density at radius 1 is 1.00 bits per heavy atom. The van der Waals surface area contributed by atoms with Crippen molar-refractivity contribution in [2.24, 2.45) is 0 Å². The van der Waals surface area contributed by atoms with E-state index in [1.54, 1.807) is 0 Å². The van der Waals surface area contributed by atoms with Crippen LogP contribution in [0.5, 0.6) is 5.75 Å². The van der Waals surface area contributed by atoms with E-state index in [1.165, 1.54) is 0 Å². The lowest BCUT2D eigenvalue weighted by Gasteiger charge is -2.08. The number of nitrogens with one attached hydrogen (secondary N) is 3. The second kappa shape index (κ2) is 7.35. The molecule has 0 unspecified atom stereocenters. The van der Waals surface area contributed by atoms with E-state index < -0.39 is 0 Å². The number of benzene rings is 1. The minimum absolute atomic E-state index is 0.0543. The van der Waals surface area contributed by atoms with Crippen LogP contribution in [0.3, 0.4) is 0 Å². The van der Waals surface area contributed by atoms with Gasteiger partial charge in [0.15, 0.2) is 6.61 Å². The van der Waals surface area contributed by atoms with Crippen LogP contribution in [-0.4, -0.2) is 37.2 Å². The summed E-state index contributed by atoms with van der Waals surface area (Å²) >= 11 is 0. The van der Waals surface area contributed by atoms with Gasteiger partial charge in [0.25, 0.3) is 5.91 Å². The summed E-state index contributed by atoms with van der Waals surface area (Å²) in [5.74, 6) is 0.613. The van der Waals surface area contributed by atoms with Crippen molar-refractivity contribution in [2.75, 3.05) is 13.2 Å². The SMILES string of the molecule is O=C(COc1ccc(CCNC(=O)NC2CC2)cc1)NC1CC1. The predicted molar refractivity (Wildman–Crippen MR) is 86.4 cm³/mol. The predicted octanol–water partition coefficient (Wildman–Crippen LogP) is 1.35. The van der Waals surface area contributed by atoms with Gasteiger partial charge < -0.3 is 20.7 Å². The summed E-state index contributed by atoms with van der Waals surface area (Å²) in [7, 11) is 0. The van der Waals surface area contributed by atoms with Gasteiger partial charge in [-0.15, -0.1) is 0 Å². The molecule has 1 aromatic carbocycles. The van der Waals surface area contributed by atoms with Gasteiger partial charge in [-0.1, -0.05) is 12.1 Å². The smallest absolute Gasteiger partial charge is 0.315 e.